The standard InChI is InChI=1S/C22H26O5/c1-22(2,3)27-21(23)16-10-19(25-13-15-8-6-5-7-9-15)18-12-17(14-24-4)26-20(18)11-16/h5-11,17H,12-14H2,1-4H3. The van der Waals surface area contributed by atoms with E-state index in [2.05, 4.69) is 0 Å². The molecule has 0 saturated heterocycles. The van der Waals surface area contributed by atoms with E-state index in [1.807, 2.05) is 51.1 Å². The minimum atomic E-state index is -0.569. The lowest BCUT2D eigenvalue weighted by Crippen LogP contribution is -2.24. The van der Waals surface area contributed by atoms with Gasteiger partial charge in [0.25, 0.3) is 0 Å². The molecule has 1 unspecified atom stereocenters. The second-order valence-corrected chi connectivity index (χ2v) is 7.63. The van der Waals surface area contributed by atoms with Crippen molar-refractivity contribution in [3.05, 3.63) is 59.2 Å². The van der Waals surface area contributed by atoms with Gasteiger partial charge in [-0.15, -0.1) is 0 Å². The summed E-state index contributed by atoms with van der Waals surface area (Å²) in [6.07, 6.45) is 0.597. The smallest absolute Gasteiger partial charge is 0.338 e. The van der Waals surface area contributed by atoms with Crippen LogP contribution in [-0.2, 0) is 22.5 Å². The number of benzene rings is 2. The third-order valence-electron chi connectivity index (χ3n) is 4.12. The minimum absolute atomic E-state index is 0.0852. The first-order valence-electron chi connectivity index (χ1n) is 9.08. The van der Waals surface area contributed by atoms with Crippen molar-refractivity contribution in [2.75, 3.05) is 13.7 Å². The molecule has 0 bridgehead atoms. The van der Waals surface area contributed by atoms with E-state index in [1.54, 1.807) is 19.2 Å². The van der Waals surface area contributed by atoms with Gasteiger partial charge in [0.1, 0.15) is 29.8 Å². The molecule has 0 fully saturated rings. The second kappa shape index (κ2) is 8.01. The van der Waals surface area contributed by atoms with Crippen molar-refractivity contribution in [3.8, 4) is 11.5 Å². The normalized spacial score (nSPS) is 15.8. The largest absolute Gasteiger partial charge is 0.488 e. The number of hydrogen-bond acceptors (Lipinski definition) is 5. The van der Waals surface area contributed by atoms with Crippen LogP contribution >= 0.6 is 0 Å². The van der Waals surface area contributed by atoms with Crippen molar-refractivity contribution >= 4 is 5.97 Å². The summed E-state index contributed by atoms with van der Waals surface area (Å²) in [5.41, 5.74) is 1.87. The molecule has 0 aromatic heterocycles. The highest BCUT2D eigenvalue weighted by atomic mass is 16.6. The van der Waals surface area contributed by atoms with Crippen LogP contribution < -0.4 is 9.47 Å². The first kappa shape index (κ1) is 19.2. The lowest BCUT2D eigenvalue weighted by atomic mass is 10.1. The van der Waals surface area contributed by atoms with E-state index in [-0.39, 0.29) is 6.10 Å². The number of carbonyl (C=O) groups is 1. The molecule has 2 aromatic rings. The summed E-state index contributed by atoms with van der Waals surface area (Å²) in [4.78, 5) is 12.5. The van der Waals surface area contributed by atoms with Crippen molar-refractivity contribution in [1.29, 1.82) is 0 Å². The molecule has 1 heterocycles. The van der Waals surface area contributed by atoms with Crippen molar-refractivity contribution in [3.63, 3.8) is 0 Å². The number of carbonyl (C=O) groups excluding carboxylic acids is 1. The zero-order valence-electron chi connectivity index (χ0n) is 16.3. The molecule has 0 amide bonds. The first-order chi connectivity index (χ1) is 12.9. The molecular formula is C22H26O5. The first-order valence-corrected chi connectivity index (χ1v) is 9.08. The van der Waals surface area contributed by atoms with Gasteiger partial charge in [0.05, 0.1) is 12.2 Å². The van der Waals surface area contributed by atoms with Crippen LogP contribution in [-0.4, -0.2) is 31.4 Å². The highest BCUT2D eigenvalue weighted by Crippen LogP contribution is 2.38. The van der Waals surface area contributed by atoms with Crippen LogP contribution in [0.4, 0.5) is 0 Å². The summed E-state index contributed by atoms with van der Waals surface area (Å²) >= 11 is 0. The summed E-state index contributed by atoms with van der Waals surface area (Å²) in [6, 6.07) is 13.4. The molecule has 144 valence electrons. The fourth-order valence-electron chi connectivity index (χ4n) is 2.97. The molecule has 0 radical (unpaired) electrons. The van der Waals surface area contributed by atoms with Gasteiger partial charge in [-0.05, 0) is 38.5 Å². The van der Waals surface area contributed by atoms with Gasteiger partial charge in [0, 0.05) is 19.1 Å². The Bertz CT molecular complexity index is 792. The van der Waals surface area contributed by atoms with E-state index in [0.29, 0.717) is 36.7 Å². The quantitative estimate of drug-likeness (QED) is 0.715. The third kappa shape index (κ3) is 5.01. The highest BCUT2D eigenvalue weighted by Gasteiger charge is 2.29. The Labute approximate surface area is 160 Å². The Morgan fingerprint density at radius 2 is 1.93 bits per heavy atom. The number of esters is 1. The third-order valence-corrected chi connectivity index (χ3v) is 4.12. The minimum Gasteiger partial charge on any atom is -0.488 e. The predicted octanol–water partition coefficient (Wildman–Crippen LogP) is 4.17. The Kier molecular flexibility index (Phi) is 5.71. The number of ether oxygens (including phenoxy) is 4. The highest BCUT2D eigenvalue weighted by molar-refractivity contribution is 5.91. The van der Waals surface area contributed by atoms with Gasteiger partial charge in [0.2, 0.25) is 0 Å². The SMILES string of the molecule is COCC1Cc2c(OCc3ccccc3)cc(C(=O)OC(C)(C)C)cc2O1. The van der Waals surface area contributed by atoms with Crippen LogP contribution in [0.15, 0.2) is 42.5 Å². The molecule has 0 spiro atoms. The monoisotopic (exact) mass is 370 g/mol. The summed E-state index contributed by atoms with van der Waals surface area (Å²) < 4.78 is 22.7. The van der Waals surface area contributed by atoms with Gasteiger partial charge in [-0.25, -0.2) is 4.79 Å². The van der Waals surface area contributed by atoms with Crippen molar-refractivity contribution < 1.29 is 23.7 Å². The van der Waals surface area contributed by atoms with Crippen LogP contribution in [0.3, 0.4) is 0 Å². The van der Waals surface area contributed by atoms with Crippen LogP contribution in [0.1, 0.15) is 42.3 Å². The number of rotatable bonds is 6. The molecule has 0 N–H and O–H groups in total. The number of methoxy groups -OCH3 is 1. The van der Waals surface area contributed by atoms with E-state index in [1.165, 1.54) is 0 Å². The average Bonchev–Trinajstić information content (AvgIpc) is 3.02. The fourth-order valence-corrected chi connectivity index (χ4v) is 2.97. The molecule has 27 heavy (non-hydrogen) atoms. The molecule has 5 heteroatoms. The average molecular weight is 370 g/mol. The van der Waals surface area contributed by atoms with Gasteiger partial charge in [-0.1, -0.05) is 30.3 Å². The Hall–Kier alpha value is -2.53. The van der Waals surface area contributed by atoms with Crippen molar-refractivity contribution in [2.24, 2.45) is 0 Å². The van der Waals surface area contributed by atoms with E-state index < -0.39 is 11.6 Å². The van der Waals surface area contributed by atoms with Gasteiger partial charge in [-0.3, -0.25) is 0 Å². The maximum Gasteiger partial charge on any atom is 0.338 e. The molecule has 1 aliphatic rings. The van der Waals surface area contributed by atoms with Crippen LogP contribution in [0, 0.1) is 0 Å². The predicted molar refractivity (Wildman–Crippen MR) is 102 cm³/mol. The van der Waals surface area contributed by atoms with E-state index in [4.69, 9.17) is 18.9 Å². The zero-order chi connectivity index (χ0) is 19.4. The summed E-state index contributed by atoms with van der Waals surface area (Å²) in [5.74, 6) is 0.910. The zero-order valence-corrected chi connectivity index (χ0v) is 16.3. The number of hydrogen-bond donors (Lipinski definition) is 0. The van der Waals surface area contributed by atoms with Gasteiger partial charge in [0.15, 0.2) is 0 Å². The molecule has 3 rings (SSSR count). The molecule has 1 atom stereocenters. The molecule has 0 aliphatic carbocycles. The summed E-state index contributed by atoms with van der Waals surface area (Å²) in [5, 5.41) is 0. The molecule has 1 aliphatic heterocycles. The Morgan fingerprint density at radius 1 is 1.19 bits per heavy atom. The van der Waals surface area contributed by atoms with Crippen LogP contribution in [0.25, 0.3) is 0 Å². The number of fused-ring (bicyclic) bond motifs is 1. The lowest BCUT2D eigenvalue weighted by molar-refractivity contribution is 0.00685. The maximum atomic E-state index is 12.5. The summed E-state index contributed by atoms with van der Waals surface area (Å²) in [6.45, 7) is 6.43. The van der Waals surface area contributed by atoms with Crippen molar-refractivity contribution in [1.82, 2.24) is 0 Å². The Morgan fingerprint density at radius 3 is 2.59 bits per heavy atom. The van der Waals surface area contributed by atoms with E-state index in [9.17, 15) is 4.79 Å². The molecular weight excluding hydrogens is 344 g/mol. The maximum absolute atomic E-state index is 12.5. The molecule has 2 aromatic carbocycles. The van der Waals surface area contributed by atoms with Gasteiger partial charge in [-0.2, -0.15) is 0 Å². The fraction of sp³-hybridized carbons (Fsp3) is 0.409. The molecule has 0 saturated carbocycles. The van der Waals surface area contributed by atoms with Gasteiger partial charge < -0.3 is 18.9 Å². The second-order valence-electron chi connectivity index (χ2n) is 7.63. The van der Waals surface area contributed by atoms with Crippen LogP contribution in [0.5, 0.6) is 11.5 Å². The molecule has 5 nitrogen and oxygen atoms in total. The van der Waals surface area contributed by atoms with Crippen molar-refractivity contribution in [2.45, 2.75) is 45.5 Å². The summed E-state index contributed by atoms with van der Waals surface area (Å²) in [7, 11) is 1.64. The lowest BCUT2D eigenvalue weighted by Gasteiger charge is -2.20. The topological polar surface area (TPSA) is 54.0 Å². The van der Waals surface area contributed by atoms with E-state index >= 15 is 0 Å². The van der Waals surface area contributed by atoms with Crippen LogP contribution in [0.2, 0.25) is 0 Å². The van der Waals surface area contributed by atoms with E-state index in [0.717, 1.165) is 11.1 Å². The van der Waals surface area contributed by atoms with Gasteiger partial charge >= 0.3 is 5.97 Å². The Balaban J connectivity index is 1.87.